The molecule has 0 saturated carbocycles. The summed E-state index contributed by atoms with van der Waals surface area (Å²) in [6, 6.07) is 8.47. The maximum absolute atomic E-state index is 11.6. The first-order valence-electron chi connectivity index (χ1n) is 4.44. The molecule has 0 spiro atoms. The van der Waals surface area contributed by atoms with Crippen LogP contribution >= 0.6 is 11.6 Å². The minimum absolute atomic E-state index is 0.0991. The number of hydrogen-bond donors (Lipinski definition) is 1. The summed E-state index contributed by atoms with van der Waals surface area (Å²) in [5, 5.41) is 2.35. The van der Waals surface area contributed by atoms with Gasteiger partial charge in [0, 0.05) is 11.1 Å². The minimum Gasteiger partial charge on any atom is -0.464 e. The van der Waals surface area contributed by atoms with E-state index in [1.54, 1.807) is 30.3 Å². The third kappa shape index (κ3) is 3.10. The van der Waals surface area contributed by atoms with Crippen molar-refractivity contribution < 1.29 is 14.3 Å². The minimum atomic E-state index is -0.695. The van der Waals surface area contributed by atoms with E-state index in [1.807, 2.05) is 0 Å². The van der Waals surface area contributed by atoms with Crippen molar-refractivity contribution in [3.8, 4) is 0 Å². The Kier molecular flexibility index (Phi) is 4.54. The maximum Gasteiger partial charge on any atom is 0.355 e. The normalized spacial score (nSPS) is 10.8. The Labute approximate surface area is 97.9 Å². The summed E-state index contributed by atoms with van der Waals surface area (Å²) in [5.41, 5.74) is 1.30. The molecule has 5 heteroatoms. The van der Waals surface area contributed by atoms with Gasteiger partial charge in [-0.2, -0.15) is 0 Å². The van der Waals surface area contributed by atoms with Crippen LogP contribution in [0.1, 0.15) is 10.4 Å². The van der Waals surface area contributed by atoms with E-state index in [0.29, 0.717) is 5.56 Å². The quantitative estimate of drug-likeness (QED) is 0.645. The molecule has 4 nitrogen and oxygen atoms in total. The van der Waals surface area contributed by atoms with Crippen LogP contribution in [0.2, 0.25) is 0 Å². The lowest BCUT2D eigenvalue weighted by atomic mass is 10.2. The number of hydrogen-bond acceptors (Lipinski definition) is 3. The van der Waals surface area contributed by atoms with Crippen molar-refractivity contribution in [2.45, 2.75) is 0 Å². The third-order valence-corrected chi connectivity index (χ3v) is 2.02. The van der Waals surface area contributed by atoms with Crippen LogP contribution in [0.4, 0.5) is 0 Å². The number of benzene rings is 1. The largest absolute Gasteiger partial charge is 0.464 e. The molecule has 0 bridgehead atoms. The van der Waals surface area contributed by atoms with Crippen LogP contribution in [0.15, 0.2) is 41.6 Å². The van der Waals surface area contributed by atoms with E-state index >= 15 is 0 Å². The zero-order valence-electron chi connectivity index (χ0n) is 8.57. The number of nitrogens with one attached hydrogen (secondary N) is 1. The van der Waals surface area contributed by atoms with E-state index in [9.17, 15) is 9.59 Å². The molecule has 0 aliphatic carbocycles. The first-order chi connectivity index (χ1) is 7.69. The van der Waals surface area contributed by atoms with Crippen molar-refractivity contribution in [1.82, 2.24) is 5.32 Å². The van der Waals surface area contributed by atoms with Crippen LogP contribution in [0.25, 0.3) is 0 Å². The average molecular weight is 240 g/mol. The molecule has 0 aliphatic heterocycles. The third-order valence-electron chi connectivity index (χ3n) is 1.80. The van der Waals surface area contributed by atoms with Gasteiger partial charge in [-0.3, -0.25) is 4.79 Å². The standard InChI is InChI=1S/C11H10ClNO3/c1-16-11(15)9(7-12)13-10(14)8-5-3-2-4-6-8/h2-7H,1H3,(H,13,14). The molecule has 1 rings (SSSR count). The topological polar surface area (TPSA) is 55.4 Å². The van der Waals surface area contributed by atoms with Gasteiger partial charge in [-0.25, -0.2) is 4.79 Å². The van der Waals surface area contributed by atoms with Crippen LogP contribution in [0.3, 0.4) is 0 Å². The summed E-state index contributed by atoms with van der Waals surface area (Å²) in [5.74, 6) is -1.11. The van der Waals surface area contributed by atoms with Crippen molar-refractivity contribution in [2.75, 3.05) is 7.11 Å². The lowest BCUT2D eigenvalue weighted by Crippen LogP contribution is -2.27. The molecule has 1 amide bonds. The number of methoxy groups -OCH3 is 1. The van der Waals surface area contributed by atoms with Gasteiger partial charge in [0.1, 0.15) is 5.70 Å². The summed E-state index contributed by atoms with van der Waals surface area (Å²) in [6.07, 6.45) is 0. The van der Waals surface area contributed by atoms with Gasteiger partial charge < -0.3 is 10.1 Å². The molecular weight excluding hydrogens is 230 g/mol. The summed E-state index contributed by atoms with van der Waals surface area (Å²) in [7, 11) is 1.21. The molecule has 1 N–H and O–H groups in total. The van der Waals surface area contributed by atoms with Gasteiger partial charge in [-0.1, -0.05) is 29.8 Å². The van der Waals surface area contributed by atoms with Crippen molar-refractivity contribution >= 4 is 23.5 Å². The molecule has 0 saturated heterocycles. The average Bonchev–Trinajstić information content (AvgIpc) is 2.35. The van der Waals surface area contributed by atoms with E-state index in [2.05, 4.69) is 10.1 Å². The molecule has 0 radical (unpaired) electrons. The van der Waals surface area contributed by atoms with Gasteiger partial charge in [0.25, 0.3) is 5.91 Å². The Hall–Kier alpha value is -1.81. The van der Waals surface area contributed by atoms with E-state index in [0.717, 1.165) is 5.54 Å². The molecule has 0 unspecified atom stereocenters. The predicted octanol–water partition coefficient (Wildman–Crippen LogP) is 1.67. The Bertz CT molecular complexity index is 414. The van der Waals surface area contributed by atoms with Gasteiger partial charge in [0.05, 0.1) is 7.11 Å². The number of esters is 1. The summed E-state index contributed by atoms with van der Waals surface area (Å²) < 4.78 is 4.43. The van der Waals surface area contributed by atoms with E-state index in [1.165, 1.54) is 7.11 Å². The molecular formula is C11H10ClNO3. The summed E-state index contributed by atoms with van der Waals surface area (Å²) in [6.45, 7) is 0. The maximum atomic E-state index is 11.6. The second kappa shape index (κ2) is 5.92. The van der Waals surface area contributed by atoms with Crippen LogP contribution in [0.5, 0.6) is 0 Å². The fraction of sp³-hybridized carbons (Fsp3) is 0.0909. The highest BCUT2D eigenvalue weighted by molar-refractivity contribution is 6.27. The second-order valence-electron chi connectivity index (χ2n) is 2.83. The highest BCUT2D eigenvalue weighted by atomic mass is 35.5. The Morgan fingerprint density at radius 2 is 1.94 bits per heavy atom. The zero-order valence-corrected chi connectivity index (χ0v) is 9.32. The lowest BCUT2D eigenvalue weighted by Gasteiger charge is -2.06. The molecule has 0 heterocycles. The Morgan fingerprint density at radius 3 is 2.44 bits per heavy atom. The lowest BCUT2D eigenvalue weighted by molar-refractivity contribution is -0.136. The van der Waals surface area contributed by atoms with Crippen molar-refractivity contribution in [1.29, 1.82) is 0 Å². The number of carbonyl (C=O) groups excluding carboxylic acids is 2. The first kappa shape index (κ1) is 12.3. The van der Waals surface area contributed by atoms with Crippen molar-refractivity contribution in [3.63, 3.8) is 0 Å². The van der Waals surface area contributed by atoms with Crippen LogP contribution in [-0.2, 0) is 9.53 Å². The highest BCUT2D eigenvalue weighted by Gasteiger charge is 2.13. The molecule has 16 heavy (non-hydrogen) atoms. The molecule has 0 atom stereocenters. The number of carbonyl (C=O) groups is 2. The number of rotatable bonds is 3. The van der Waals surface area contributed by atoms with Crippen molar-refractivity contribution in [3.05, 3.63) is 47.1 Å². The number of ether oxygens (including phenoxy) is 1. The highest BCUT2D eigenvalue weighted by Crippen LogP contribution is 2.02. The van der Waals surface area contributed by atoms with Crippen LogP contribution in [-0.4, -0.2) is 19.0 Å². The predicted molar refractivity (Wildman–Crippen MR) is 59.9 cm³/mol. The molecule has 0 aliphatic rings. The summed E-state index contributed by atoms with van der Waals surface area (Å²) >= 11 is 5.40. The smallest absolute Gasteiger partial charge is 0.355 e. The summed E-state index contributed by atoms with van der Waals surface area (Å²) in [4.78, 5) is 22.7. The monoisotopic (exact) mass is 239 g/mol. The number of amides is 1. The fourth-order valence-electron chi connectivity index (χ4n) is 1.02. The van der Waals surface area contributed by atoms with Crippen molar-refractivity contribution in [2.24, 2.45) is 0 Å². The SMILES string of the molecule is COC(=O)C(=CCl)NC(=O)c1ccccc1. The van der Waals surface area contributed by atoms with Crippen LogP contribution < -0.4 is 5.32 Å². The first-order valence-corrected chi connectivity index (χ1v) is 4.87. The van der Waals surface area contributed by atoms with Gasteiger partial charge >= 0.3 is 5.97 Å². The Balaban J connectivity index is 2.75. The number of halogens is 1. The van der Waals surface area contributed by atoms with E-state index in [-0.39, 0.29) is 5.70 Å². The van der Waals surface area contributed by atoms with Gasteiger partial charge in [0.2, 0.25) is 0 Å². The molecule has 1 aromatic carbocycles. The molecule has 1 aromatic rings. The van der Waals surface area contributed by atoms with E-state index < -0.39 is 11.9 Å². The zero-order chi connectivity index (χ0) is 12.0. The van der Waals surface area contributed by atoms with Gasteiger partial charge in [-0.15, -0.1) is 0 Å². The van der Waals surface area contributed by atoms with Gasteiger partial charge in [0.15, 0.2) is 0 Å². The fourth-order valence-corrected chi connectivity index (χ4v) is 1.16. The Morgan fingerprint density at radius 1 is 1.31 bits per heavy atom. The molecule has 84 valence electrons. The molecule has 0 aromatic heterocycles. The second-order valence-corrected chi connectivity index (χ2v) is 3.05. The van der Waals surface area contributed by atoms with E-state index in [4.69, 9.17) is 11.6 Å². The molecule has 0 fully saturated rings. The van der Waals surface area contributed by atoms with Crippen LogP contribution in [0, 0.1) is 0 Å². The van der Waals surface area contributed by atoms with Gasteiger partial charge in [-0.05, 0) is 12.1 Å².